The first-order valence-electron chi connectivity index (χ1n) is 7.05. The minimum absolute atomic E-state index is 0.790. The Bertz CT molecular complexity index is 575. The minimum Gasteiger partial charge on any atom is -0.469 e. The monoisotopic (exact) mass is 272 g/mol. The predicted octanol–water partition coefficient (Wildman–Crippen LogP) is 2.61. The third-order valence-electron chi connectivity index (χ3n) is 3.83. The summed E-state index contributed by atoms with van der Waals surface area (Å²) >= 11 is 0. The molecule has 3 heterocycles. The molecule has 5 heteroatoms. The van der Waals surface area contributed by atoms with Crippen LogP contribution < -0.4 is 9.80 Å². The van der Waals surface area contributed by atoms with E-state index in [1.165, 1.54) is 18.4 Å². The quantitative estimate of drug-likeness (QED) is 0.856. The van der Waals surface area contributed by atoms with Crippen LogP contribution in [0.2, 0.25) is 0 Å². The number of aryl methyl sites for hydroxylation is 1. The lowest BCUT2D eigenvalue weighted by molar-refractivity contribution is 0.529. The molecule has 0 spiro atoms. The average molecular weight is 272 g/mol. The fraction of sp³-hybridized carbons (Fsp3) is 0.467. The van der Waals surface area contributed by atoms with E-state index in [-0.39, 0.29) is 0 Å². The van der Waals surface area contributed by atoms with E-state index in [9.17, 15) is 0 Å². The van der Waals surface area contributed by atoms with Crippen LogP contribution in [0.3, 0.4) is 0 Å². The van der Waals surface area contributed by atoms with Gasteiger partial charge in [0.25, 0.3) is 0 Å². The van der Waals surface area contributed by atoms with Gasteiger partial charge in [-0.2, -0.15) is 0 Å². The number of anilines is 2. The van der Waals surface area contributed by atoms with Gasteiger partial charge in [0, 0.05) is 38.3 Å². The van der Waals surface area contributed by atoms with Crippen LogP contribution in [0.4, 0.5) is 11.6 Å². The highest BCUT2D eigenvalue weighted by Crippen LogP contribution is 2.22. The molecule has 0 atom stereocenters. The van der Waals surface area contributed by atoms with Gasteiger partial charge in [0.15, 0.2) is 0 Å². The van der Waals surface area contributed by atoms with Gasteiger partial charge in [0.2, 0.25) is 0 Å². The Balaban J connectivity index is 1.75. The zero-order valence-electron chi connectivity index (χ0n) is 12.0. The van der Waals surface area contributed by atoms with Crippen LogP contribution in [0.5, 0.6) is 0 Å². The summed E-state index contributed by atoms with van der Waals surface area (Å²) in [6, 6.07) is 4.08. The molecule has 1 aliphatic heterocycles. The maximum absolute atomic E-state index is 5.34. The summed E-state index contributed by atoms with van der Waals surface area (Å²) in [5, 5.41) is 0. The summed E-state index contributed by atoms with van der Waals surface area (Å²) in [6.45, 7) is 4.97. The second kappa shape index (κ2) is 5.53. The van der Waals surface area contributed by atoms with Crippen LogP contribution in [0.1, 0.15) is 24.2 Å². The lowest BCUT2D eigenvalue weighted by atomic mass is 10.2. The molecule has 1 aliphatic rings. The van der Waals surface area contributed by atoms with Gasteiger partial charge in [0.1, 0.15) is 23.7 Å². The van der Waals surface area contributed by atoms with Gasteiger partial charge >= 0.3 is 0 Å². The van der Waals surface area contributed by atoms with Gasteiger partial charge in [-0.05, 0) is 25.8 Å². The molecule has 20 heavy (non-hydrogen) atoms. The lowest BCUT2D eigenvalue weighted by Gasteiger charge is -2.21. The van der Waals surface area contributed by atoms with Crippen molar-refractivity contribution in [1.82, 2.24) is 9.97 Å². The van der Waals surface area contributed by atoms with Crippen LogP contribution in [0.25, 0.3) is 0 Å². The van der Waals surface area contributed by atoms with Crippen molar-refractivity contribution in [2.75, 3.05) is 29.9 Å². The Labute approximate surface area is 119 Å². The standard InChI is InChI=1S/C15H20N4O/c1-12-13(5-8-20-12)10-18(2)14-9-15(17-11-16-14)19-6-3-4-7-19/h5,8-9,11H,3-4,6-7,10H2,1-2H3. The van der Waals surface area contributed by atoms with Crippen molar-refractivity contribution >= 4 is 11.6 Å². The number of nitrogens with zero attached hydrogens (tertiary/aromatic N) is 4. The Kier molecular flexibility index (Phi) is 3.58. The lowest BCUT2D eigenvalue weighted by Crippen LogP contribution is -2.22. The second-order valence-corrected chi connectivity index (χ2v) is 5.29. The van der Waals surface area contributed by atoms with Crippen molar-refractivity contribution in [3.63, 3.8) is 0 Å². The first-order chi connectivity index (χ1) is 9.74. The highest BCUT2D eigenvalue weighted by atomic mass is 16.3. The summed E-state index contributed by atoms with van der Waals surface area (Å²) in [5.74, 6) is 2.94. The fourth-order valence-corrected chi connectivity index (χ4v) is 2.58. The highest BCUT2D eigenvalue weighted by molar-refractivity contribution is 5.50. The smallest absolute Gasteiger partial charge is 0.134 e. The molecular formula is C15H20N4O. The van der Waals surface area contributed by atoms with E-state index in [0.717, 1.165) is 37.0 Å². The fourth-order valence-electron chi connectivity index (χ4n) is 2.58. The van der Waals surface area contributed by atoms with E-state index in [2.05, 4.69) is 25.8 Å². The Morgan fingerprint density at radius 2 is 2.10 bits per heavy atom. The Morgan fingerprint density at radius 3 is 2.80 bits per heavy atom. The van der Waals surface area contributed by atoms with Crippen molar-refractivity contribution in [2.45, 2.75) is 26.3 Å². The van der Waals surface area contributed by atoms with E-state index in [1.54, 1.807) is 12.6 Å². The molecule has 0 amide bonds. The molecule has 2 aromatic heterocycles. The molecule has 1 fully saturated rings. The van der Waals surface area contributed by atoms with Gasteiger partial charge in [-0.15, -0.1) is 0 Å². The summed E-state index contributed by atoms with van der Waals surface area (Å²) in [7, 11) is 2.04. The molecule has 0 radical (unpaired) electrons. The van der Waals surface area contributed by atoms with Gasteiger partial charge in [-0.25, -0.2) is 9.97 Å². The highest BCUT2D eigenvalue weighted by Gasteiger charge is 2.15. The van der Waals surface area contributed by atoms with E-state index in [4.69, 9.17) is 4.42 Å². The van der Waals surface area contributed by atoms with Crippen molar-refractivity contribution in [1.29, 1.82) is 0 Å². The zero-order chi connectivity index (χ0) is 13.9. The molecule has 0 bridgehead atoms. The van der Waals surface area contributed by atoms with Gasteiger partial charge in [0.05, 0.1) is 6.26 Å². The van der Waals surface area contributed by atoms with E-state index in [0.29, 0.717) is 0 Å². The van der Waals surface area contributed by atoms with E-state index >= 15 is 0 Å². The van der Waals surface area contributed by atoms with Crippen LogP contribution in [0, 0.1) is 6.92 Å². The molecular weight excluding hydrogens is 252 g/mol. The molecule has 2 aromatic rings. The van der Waals surface area contributed by atoms with Crippen molar-refractivity contribution < 1.29 is 4.42 Å². The molecule has 0 saturated carbocycles. The summed E-state index contributed by atoms with van der Waals surface area (Å²) in [5.41, 5.74) is 1.19. The molecule has 5 nitrogen and oxygen atoms in total. The number of hydrogen-bond acceptors (Lipinski definition) is 5. The Morgan fingerprint density at radius 1 is 1.30 bits per heavy atom. The first-order valence-corrected chi connectivity index (χ1v) is 7.05. The van der Waals surface area contributed by atoms with Crippen LogP contribution in [-0.4, -0.2) is 30.1 Å². The van der Waals surface area contributed by atoms with Crippen molar-refractivity contribution in [3.8, 4) is 0 Å². The largest absolute Gasteiger partial charge is 0.469 e. The SMILES string of the molecule is Cc1occc1CN(C)c1cc(N2CCCC2)ncn1. The van der Waals surface area contributed by atoms with Gasteiger partial charge < -0.3 is 14.2 Å². The number of furan rings is 1. The first kappa shape index (κ1) is 13.0. The minimum atomic E-state index is 0.790. The van der Waals surface area contributed by atoms with Gasteiger partial charge in [-0.3, -0.25) is 0 Å². The van der Waals surface area contributed by atoms with Crippen LogP contribution >= 0.6 is 0 Å². The van der Waals surface area contributed by atoms with Crippen LogP contribution in [-0.2, 0) is 6.54 Å². The van der Waals surface area contributed by atoms with Crippen LogP contribution in [0.15, 0.2) is 29.1 Å². The maximum Gasteiger partial charge on any atom is 0.134 e. The Hall–Kier alpha value is -2.04. The summed E-state index contributed by atoms with van der Waals surface area (Å²) < 4.78 is 5.34. The molecule has 1 saturated heterocycles. The average Bonchev–Trinajstić information content (AvgIpc) is 3.12. The third-order valence-corrected chi connectivity index (χ3v) is 3.83. The summed E-state index contributed by atoms with van der Waals surface area (Å²) in [4.78, 5) is 13.2. The van der Waals surface area contributed by atoms with E-state index < -0.39 is 0 Å². The normalized spacial score (nSPS) is 14.8. The predicted molar refractivity (Wildman–Crippen MR) is 79.0 cm³/mol. The molecule has 0 unspecified atom stereocenters. The molecule has 3 rings (SSSR count). The maximum atomic E-state index is 5.34. The van der Waals surface area contributed by atoms with Crippen molar-refractivity contribution in [3.05, 3.63) is 36.0 Å². The number of hydrogen-bond donors (Lipinski definition) is 0. The number of aromatic nitrogens is 2. The molecule has 0 aromatic carbocycles. The second-order valence-electron chi connectivity index (χ2n) is 5.29. The third kappa shape index (κ3) is 2.61. The van der Waals surface area contributed by atoms with Gasteiger partial charge in [-0.1, -0.05) is 0 Å². The number of rotatable bonds is 4. The zero-order valence-corrected chi connectivity index (χ0v) is 12.0. The topological polar surface area (TPSA) is 45.4 Å². The molecule has 0 aliphatic carbocycles. The molecule has 0 N–H and O–H groups in total. The van der Waals surface area contributed by atoms with E-state index in [1.807, 2.05) is 20.0 Å². The van der Waals surface area contributed by atoms with Crippen molar-refractivity contribution in [2.24, 2.45) is 0 Å². The summed E-state index contributed by atoms with van der Waals surface area (Å²) in [6.07, 6.45) is 5.89. The molecule has 106 valence electrons.